The summed E-state index contributed by atoms with van der Waals surface area (Å²) in [5, 5.41) is 11.6. The van der Waals surface area contributed by atoms with E-state index in [1.807, 2.05) is 6.07 Å². The minimum Gasteiger partial charge on any atom is -0.497 e. The molecule has 1 saturated heterocycles. The lowest BCUT2D eigenvalue weighted by molar-refractivity contribution is -0.168. The molecular weight excluding hydrogens is 278 g/mol. The minimum atomic E-state index is -0.798. The second-order valence-corrected chi connectivity index (χ2v) is 7.20. The second kappa shape index (κ2) is 4.56. The van der Waals surface area contributed by atoms with E-state index in [1.54, 1.807) is 7.11 Å². The number of Topliss-reactive ketones (excluding diaryl/α,β-unsaturated/α-hetero) is 1. The smallest absolute Gasteiger partial charge is 0.134 e. The summed E-state index contributed by atoms with van der Waals surface area (Å²) in [7, 11) is 3.76. The molecule has 1 heterocycles. The highest BCUT2D eigenvalue weighted by Crippen LogP contribution is 2.57. The highest BCUT2D eigenvalue weighted by molar-refractivity contribution is 5.82. The average Bonchev–Trinajstić information content (AvgIpc) is 2.51. The Labute approximate surface area is 131 Å². The molecule has 2 aliphatic carbocycles. The normalized spacial score (nSPS) is 37.4. The predicted octanol–water partition coefficient (Wildman–Crippen LogP) is 1.68. The quantitative estimate of drug-likeness (QED) is 0.857. The van der Waals surface area contributed by atoms with Crippen molar-refractivity contribution in [2.24, 2.45) is 0 Å². The molecule has 0 amide bonds. The summed E-state index contributed by atoms with van der Waals surface area (Å²) < 4.78 is 5.40. The topological polar surface area (TPSA) is 49.8 Å². The van der Waals surface area contributed by atoms with E-state index in [0.717, 1.165) is 30.7 Å². The molecule has 118 valence electrons. The molecule has 2 unspecified atom stereocenters. The monoisotopic (exact) mass is 301 g/mol. The fourth-order valence-electron chi connectivity index (χ4n) is 5.13. The highest BCUT2D eigenvalue weighted by Gasteiger charge is 2.64. The van der Waals surface area contributed by atoms with Gasteiger partial charge in [0, 0.05) is 24.3 Å². The van der Waals surface area contributed by atoms with Crippen molar-refractivity contribution >= 4 is 5.78 Å². The number of benzene rings is 1. The van der Waals surface area contributed by atoms with Gasteiger partial charge in [-0.3, -0.25) is 4.79 Å². The molecule has 0 radical (unpaired) electrons. The fourth-order valence-corrected chi connectivity index (χ4v) is 5.13. The Kier molecular flexibility index (Phi) is 2.94. The van der Waals surface area contributed by atoms with Crippen LogP contribution in [0, 0.1) is 0 Å². The molecule has 22 heavy (non-hydrogen) atoms. The Hall–Kier alpha value is -1.39. The van der Waals surface area contributed by atoms with Gasteiger partial charge in [-0.1, -0.05) is 6.07 Å². The van der Waals surface area contributed by atoms with Crippen molar-refractivity contribution in [1.29, 1.82) is 0 Å². The van der Waals surface area contributed by atoms with Crippen molar-refractivity contribution in [2.45, 2.75) is 49.2 Å². The van der Waals surface area contributed by atoms with Crippen LogP contribution >= 0.6 is 0 Å². The van der Waals surface area contributed by atoms with E-state index in [0.29, 0.717) is 19.3 Å². The van der Waals surface area contributed by atoms with Crippen LogP contribution in [0.5, 0.6) is 5.75 Å². The highest BCUT2D eigenvalue weighted by atomic mass is 16.5. The van der Waals surface area contributed by atoms with E-state index in [2.05, 4.69) is 24.1 Å². The number of carbonyl (C=O) groups excluding carboxylic acids is 1. The largest absolute Gasteiger partial charge is 0.497 e. The molecule has 3 atom stereocenters. The minimum absolute atomic E-state index is 0.107. The zero-order chi connectivity index (χ0) is 15.5. The van der Waals surface area contributed by atoms with Crippen molar-refractivity contribution in [1.82, 2.24) is 4.90 Å². The number of nitrogens with zero attached hydrogens (tertiary/aromatic N) is 1. The third-order valence-electron chi connectivity index (χ3n) is 6.33. The van der Waals surface area contributed by atoms with Crippen molar-refractivity contribution in [3.63, 3.8) is 0 Å². The standard InChI is InChI=1S/C18H23NO3/c1-19-8-7-17-11-13(20)5-6-18(17,21)16(19)9-12-3-4-14(22-2)10-15(12)17/h3-4,10,16,21H,5-9,11H2,1-2H3/t16?,17-,18?/m1/s1. The number of hydrogen-bond acceptors (Lipinski definition) is 4. The molecular formula is C18H23NO3. The summed E-state index contributed by atoms with van der Waals surface area (Å²) in [6.07, 6.45) is 3.23. The van der Waals surface area contributed by atoms with Crippen molar-refractivity contribution in [3.8, 4) is 5.75 Å². The lowest BCUT2D eigenvalue weighted by Gasteiger charge is -2.62. The summed E-state index contributed by atoms with van der Waals surface area (Å²) in [5.41, 5.74) is 1.18. The number of hydrogen-bond donors (Lipinski definition) is 1. The number of aliphatic hydroxyl groups is 1. The van der Waals surface area contributed by atoms with Crippen LogP contribution in [0.3, 0.4) is 0 Å². The van der Waals surface area contributed by atoms with Gasteiger partial charge < -0.3 is 14.7 Å². The van der Waals surface area contributed by atoms with Crippen LogP contribution in [0.4, 0.5) is 0 Å². The molecule has 1 aliphatic heterocycles. The van der Waals surface area contributed by atoms with Gasteiger partial charge in [0.25, 0.3) is 0 Å². The molecule has 1 N–H and O–H groups in total. The van der Waals surface area contributed by atoms with Gasteiger partial charge in [-0.05, 0) is 56.1 Å². The molecule has 4 rings (SSSR count). The maximum Gasteiger partial charge on any atom is 0.134 e. The molecule has 4 nitrogen and oxygen atoms in total. The molecule has 1 aromatic carbocycles. The first-order valence-electron chi connectivity index (χ1n) is 8.12. The van der Waals surface area contributed by atoms with Gasteiger partial charge in [-0.2, -0.15) is 0 Å². The molecule has 1 aromatic rings. The van der Waals surface area contributed by atoms with Crippen LogP contribution in [0.15, 0.2) is 18.2 Å². The number of piperidine rings is 1. The number of likely N-dealkylation sites (N-methyl/N-ethyl adjacent to an activating group) is 1. The van der Waals surface area contributed by atoms with Crippen LogP contribution in [0.25, 0.3) is 0 Å². The average molecular weight is 301 g/mol. The molecule has 2 fully saturated rings. The molecule has 1 saturated carbocycles. The van der Waals surface area contributed by atoms with Gasteiger partial charge in [0.15, 0.2) is 0 Å². The molecule has 3 aliphatic rings. The zero-order valence-electron chi connectivity index (χ0n) is 13.3. The van der Waals surface area contributed by atoms with E-state index in [-0.39, 0.29) is 11.8 Å². The fraction of sp³-hybridized carbons (Fsp3) is 0.611. The van der Waals surface area contributed by atoms with Gasteiger partial charge in [-0.15, -0.1) is 0 Å². The molecule has 0 spiro atoms. The third-order valence-corrected chi connectivity index (χ3v) is 6.33. The van der Waals surface area contributed by atoms with Gasteiger partial charge in [-0.25, -0.2) is 0 Å². The van der Waals surface area contributed by atoms with Crippen molar-refractivity contribution < 1.29 is 14.6 Å². The predicted molar refractivity (Wildman–Crippen MR) is 83.2 cm³/mol. The third kappa shape index (κ3) is 1.62. The number of fused-ring (bicyclic) bond motifs is 1. The maximum absolute atomic E-state index is 12.2. The Morgan fingerprint density at radius 3 is 2.95 bits per heavy atom. The summed E-state index contributed by atoms with van der Waals surface area (Å²) in [6.45, 7) is 0.927. The van der Waals surface area contributed by atoms with E-state index in [4.69, 9.17) is 4.74 Å². The number of rotatable bonds is 1. The van der Waals surface area contributed by atoms with Gasteiger partial charge in [0.1, 0.15) is 11.5 Å². The summed E-state index contributed by atoms with van der Waals surface area (Å²) in [5.74, 6) is 1.09. The Morgan fingerprint density at radius 2 is 2.18 bits per heavy atom. The first kappa shape index (κ1) is 14.2. The van der Waals surface area contributed by atoms with Crippen LogP contribution in [0.1, 0.15) is 36.8 Å². The number of methoxy groups -OCH3 is 1. The molecule has 2 bridgehead atoms. The van der Waals surface area contributed by atoms with Gasteiger partial charge in [0.2, 0.25) is 0 Å². The summed E-state index contributed by atoms with van der Waals surface area (Å²) in [6, 6.07) is 6.26. The van der Waals surface area contributed by atoms with E-state index >= 15 is 0 Å². The van der Waals surface area contributed by atoms with Gasteiger partial charge in [0.05, 0.1) is 12.7 Å². The van der Waals surface area contributed by atoms with E-state index in [9.17, 15) is 9.90 Å². The number of ether oxygens (including phenoxy) is 1. The lowest BCUT2D eigenvalue weighted by atomic mass is 9.49. The first-order chi connectivity index (χ1) is 10.5. The summed E-state index contributed by atoms with van der Waals surface area (Å²) in [4.78, 5) is 14.5. The first-order valence-corrected chi connectivity index (χ1v) is 8.12. The van der Waals surface area contributed by atoms with Crippen LogP contribution in [-0.4, -0.2) is 48.1 Å². The zero-order valence-corrected chi connectivity index (χ0v) is 13.3. The Morgan fingerprint density at radius 1 is 1.36 bits per heavy atom. The van der Waals surface area contributed by atoms with Crippen LogP contribution in [0.2, 0.25) is 0 Å². The van der Waals surface area contributed by atoms with Crippen molar-refractivity contribution in [2.75, 3.05) is 20.7 Å². The summed E-state index contributed by atoms with van der Waals surface area (Å²) >= 11 is 0. The molecule has 4 heteroatoms. The number of carbonyl (C=O) groups is 1. The SMILES string of the molecule is COc1ccc2c(c1)[C@]13CCN(C)C(C2)C1(O)CCC(=O)C3. The lowest BCUT2D eigenvalue weighted by Crippen LogP contribution is -2.72. The van der Waals surface area contributed by atoms with Crippen LogP contribution in [-0.2, 0) is 16.6 Å². The Bertz CT molecular complexity index is 643. The van der Waals surface area contributed by atoms with Crippen LogP contribution < -0.4 is 4.74 Å². The second-order valence-electron chi connectivity index (χ2n) is 7.20. The number of likely N-dealkylation sites (tertiary alicyclic amines) is 1. The maximum atomic E-state index is 12.2. The van der Waals surface area contributed by atoms with E-state index < -0.39 is 11.0 Å². The number of ketones is 1. The van der Waals surface area contributed by atoms with Crippen molar-refractivity contribution in [3.05, 3.63) is 29.3 Å². The Balaban J connectivity index is 1.96. The molecule has 0 aromatic heterocycles. The van der Waals surface area contributed by atoms with E-state index in [1.165, 1.54) is 5.56 Å². The van der Waals surface area contributed by atoms with Gasteiger partial charge >= 0.3 is 0 Å².